The molecule has 0 saturated heterocycles. The number of nitrogens with zero attached hydrogens (tertiary/aromatic N) is 2. The van der Waals surface area contributed by atoms with Crippen LogP contribution >= 0.6 is 27.5 Å². The second-order valence-electron chi connectivity index (χ2n) is 2.57. The van der Waals surface area contributed by atoms with E-state index in [1.54, 1.807) is 18.2 Å². The molecule has 0 aliphatic rings. The van der Waals surface area contributed by atoms with Gasteiger partial charge in [0.2, 0.25) is 0 Å². The zero-order valence-electron chi connectivity index (χ0n) is 6.87. The second-order valence-corrected chi connectivity index (χ2v) is 3.86. The van der Waals surface area contributed by atoms with Crippen molar-refractivity contribution in [2.24, 2.45) is 0 Å². The summed E-state index contributed by atoms with van der Waals surface area (Å²) in [6, 6.07) is 5.32. The third kappa shape index (κ3) is 1.73. The van der Waals surface area contributed by atoms with Crippen LogP contribution in [0.2, 0.25) is 5.02 Å². The van der Waals surface area contributed by atoms with Crippen LogP contribution in [0.15, 0.2) is 27.1 Å². The molecular weight excluding hydrogens is 269 g/mol. The van der Waals surface area contributed by atoms with Crippen molar-refractivity contribution in [1.82, 2.24) is 10.2 Å². The average molecular weight is 275 g/mol. The van der Waals surface area contributed by atoms with Crippen LogP contribution in [0.4, 0.5) is 6.01 Å². The summed E-state index contributed by atoms with van der Waals surface area (Å²) < 4.78 is 5.90. The van der Waals surface area contributed by atoms with Crippen molar-refractivity contribution in [3.05, 3.63) is 27.7 Å². The normalized spacial score (nSPS) is 10.4. The van der Waals surface area contributed by atoms with Crippen molar-refractivity contribution >= 4 is 33.5 Å². The van der Waals surface area contributed by atoms with Gasteiger partial charge in [0.15, 0.2) is 0 Å². The molecule has 0 spiro atoms. The average Bonchev–Trinajstić information content (AvgIpc) is 2.56. The summed E-state index contributed by atoms with van der Waals surface area (Å²) in [5.41, 5.74) is 6.04. The van der Waals surface area contributed by atoms with E-state index in [0.29, 0.717) is 10.9 Å². The van der Waals surface area contributed by atoms with Gasteiger partial charge >= 0.3 is 6.01 Å². The molecule has 4 nitrogen and oxygen atoms in total. The Bertz CT molecular complexity index is 471. The van der Waals surface area contributed by atoms with Crippen molar-refractivity contribution < 1.29 is 4.42 Å². The van der Waals surface area contributed by atoms with Gasteiger partial charge in [-0.2, -0.15) is 0 Å². The lowest BCUT2D eigenvalue weighted by Gasteiger charge is -1.98. The highest BCUT2D eigenvalue weighted by Gasteiger charge is 2.10. The maximum absolute atomic E-state index is 5.83. The molecule has 6 heteroatoms. The first-order valence-corrected chi connectivity index (χ1v) is 4.88. The Labute approximate surface area is 93.2 Å². The molecule has 72 valence electrons. The number of nitrogens with two attached hydrogens (primary N) is 1. The van der Waals surface area contributed by atoms with Crippen LogP contribution < -0.4 is 5.73 Å². The van der Waals surface area contributed by atoms with Gasteiger partial charge in [0.1, 0.15) is 0 Å². The van der Waals surface area contributed by atoms with E-state index in [1.165, 1.54) is 0 Å². The van der Waals surface area contributed by atoms with E-state index in [0.717, 1.165) is 10.0 Å². The van der Waals surface area contributed by atoms with Crippen molar-refractivity contribution in [2.45, 2.75) is 0 Å². The van der Waals surface area contributed by atoms with E-state index in [1.807, 2.05) is 0 Å². The summed E-state index contributed by atoms with van der Waals surface area (Å²) in [6.45, 7) is 0. The minimum absolute atomic E-state index is 0.0341. The van der Waals surface area contributed by atoms with E-state index in [4.69, 9.17) is 21.8 Å². The first-order valence-electron chi connectivity index (χ1n) is 3.71. The van der Waals surface area contributed by atoms with Gasteiger partial charge in [-0.15, -0.1) is 5.10 Å². The SMILES string of the molecule is Nc1nnc(-c2cc(Cl)ccc2Br)o1. The molecule has 0 aliphatic heterocycles. The van der Waals surface area contributed by atoms with E-state index < -0.39 is 0 Å². The summed E-state index contributed by atoms with van der Waals surface area (Å²) in [5.74, 6) is 0.344. The fraction of sp³-hybridized carbons (Fsp3) is 0. The fourth-order valence-electron chi connectivity index (χ4n) is 1.00. The molecular formula is C8H5BrClN3O. The molecule has 0 fully saturated rings. The van der Waals surface area contributed by atoms with Gasteiger partial charge in [0.05, 0.1) is 5.56 Å². The van der Waals surface area contributed by atoms with Gasteiger partial charge in [-0.25, -0.2) is 0 Å². The number of hydrogen-bond acceptors (Lipinski definition) is 4. The number of aromatic nitrogens is 2. The molecule has 0 bridgehead atoms. The van der Waals surface area contributed by atoms with E-state index in [-0.39, 0.29) is 6.01 Å². The summed E-state index contributed by atoms with van der Waals surface area (Å²) >= 11 is 9.18. The van der Waals surface area contributed by atoms with Crippen molar-refractivity contribution in [1.29, 1.82) is 0 Å². The smallest absolute Gasteiger partial charge is 0.313 e. The lowest BCUT2D eigenvalue weighted by Crippen LogP contribution is -1.81. The minimum Gasteiger partial charge on any atom is -0.404 e. The molecule has 1 aromatic heterocycles. The standard InChI is InChI=1S/C8H5BrClN3O/c9-6-2-1-4(10)3-5(6)7-12-13-8(11)14-7/h1-3H,(H2,11,13). The molecule has 1 heterocycles. The largest absolute Gasteiger partial charge is 0.404 e. The van der Waals surface area contributed by atoms with Crippen LogP contribution in [0.25, 0.3) is 11.5 Å². The first kappa shape index (κ1) is 9.48. The van der Waals surface area contributed by atoms with Crippen LogP contribution in [0.1, 0.15) is 0 Å². The molecule has 2 N–H and O–H groups in total. The van der Waals surface area contributed by atoms with Crippen LogP contribution in [-0.2, 0) is 0 Å². The van der Waals surface area contributed by atoms with Crippen LogP contribution in [-0.4, -0.2) is 10.2 Å². The summed E-state index contributed by atoms with van der Waals surface area (Å²) in [7, 11) is 0. The highest BCUT2D eigenvalue weighted by Crippen LogP contribution is 2.30. The van der Waals surface area contributed by atoms with Crippen LogP contribution in [0.3, 0.4) is 0 Å². The lowest BCUT2D eigenvalue weighted by molar-refractivity contribution is 0.590. The second kappa shape index (κ2) is 3.59. The van der Waals surface area contributed by atoms with Gasteiger partial charge in [0, 0.05) is 9.50 Å². The van der Waals surface area contributed by atoms with Crippen molar-refractivity contribution in [3.63, 3.8) is 0 Å². The molecule has 0 saturated carbocycles. The topological polar surface area (TPSA) is 64.9 Å². The van der Waals surface area contributed by atoms with E-state index in [9.17, 15) is 0 Å². The zero-order valence-corrected chi connectivity index (χ0v) is 9.21. The van der Waals surface area contributed by atoms with Gasteiger partial charge in [-0.3, -0.25) is 0 Å². The molecule has 0 unspecified atom stereocenters. The number of anilines is 1. The maximum Gasteiger partial charge on any atom is 0.313 e. The van der Waals surface area contributed by atoms with Gasteiger partial charge < -0.3 is 10.2 Å². The minimum atomic E-state index is 0.0341. The summed E-state index contributed by atoms with van der Waals surface area (Å²) in [6.07, 6.45) is 0. The zero-order chi connectivity index (χ0) is 10.1. The lowest BCUT2D eigenvalue weighted by atomic mass is 10.2. The Balaban J connectivity index is 2.55. The number of hydrogen-bond donors (Lipinski definition) is 1. The maximum atomic E-state index is 5.83. The summed E-state index contributed by atoms with van der Waals surface area (Å²) in [4.78, 5) is 0. The number of halogens is 2. The molecule has 0 amide bonds. The Morgan fingerprint density at radius 3 is 2.79 bits per heavy atom. The van der Waals surface area contributed by atoms with Crippen LogP contribution in [0, 0.1) is 0 Å². The monoisotopic (exact) mass is 273 g/mol. The predicted octanol–water partition coefficient (Wildman–Crippen LogP) is 2.73. The highest BCUT2D eigenvalue weighted by atomic mass is 79.9. The molecule has 2 aromatic rings. The molecule has 14 heavy (non-hydrogen) atoms. The van der Waals surface area contributed by atoms with E-state index in [2.05, 4.69) is 26.1 Å². The molecule has 2 rings (SSSR count). The van der Waals surface area contributed by atoms with Gasteiger partial charge in [-0.1, -0.05) is 16.7 Å². The van der Waals surface area contributed by atoms with Gasteiger partial charge in [0.25, 0.3) is 5.89 Å². The third-order valence-corrected chi connectivity index (χ3v) is 2.53. The molecule has 0 atom stereocenters. The summed E-state index contributed by atoms with van der Waals surface area (Å²) in [5, 5.41) is 7.92. The number of nitrogen functional groups attached to an aromatic ring is 1. The fourth-order valence-corrected chi connectivity index (χ4v) is 1.59. The van der Waals surface area contributed by atoms with Crippen molar-refractivity contribution in [2.75, 3.05) is 5.73 Å². The Hall–Kier alpha value is -1.07. The Kier molecular flexibility index (Phi) is 2.43. The van der Waals surface area contributed by atoms with Gasteiger partial charge in [-0.05, 0) is 34.1 Å². The molecule has 1 aromatic carbocycles. The third-order valence-electron chi connectivity index (χ3n) is 1.60. The molecule has 0 aliphatic carbocycles. The predicted molar refractivity (Wildman–Crippen MR) is 56.9 cm³/mol. The highest BCUT2D eigenvalue weighted by molar-refractivity contribution is 9.10. The quantitative estimate of drug-likeness (QED) is 0.868. The number of rotatable bonds is 1. The Morgan fingerprint density at radius 1 is 1.36 bits per heavy atom. The van der Waals surface area contributed by atoms with Crippen molar-refractivity contribution in [3.8, 4) is 11.5 Å². The Morgan fingerprint density at radius 2 is 2.14 bits per heavy atom. The molecule has 0 radical (unpaired) electrons. The van der Waals surface area contributed by atoms with E-state index >= 15 is 0 Å². The first-order chi connectivity index (χ1) is 6.66. The number of benzene rings is 1. The van der Waals surface area contributed by atoms with Crippen LogP contribution in [0.5, 0.6) is 0 Å².